The molecule has 0 atom stereocenters. The molecule has 2 aromatic heterocycles. The van der Waals surface area contributed by atoms with Gasteiger partial charge in [-0.15, -0.1) is 0 Å². The number of hydrogen-bond donors (Lipinski definition) is 0. The van der Waals surface area contributed by atoms with Gasteiger partial charge in [-0.2, -0.15) is 10.5 Å². The van der Waals surface area contributed by atoms with E-state index in [-0.39, 0.29) is 5.82 Å². The van der Waals surface area contributed by atoms with Gasteiger partial charge in [-0.05, 0) is 81.9 Å². The lowest BCUT2D eigenvalue weighted by Crippen LogP contribution is -2.04. The molecule has 280 valence electrons. The van der Waals surface area contributed by atoms with Crippen LogP contribution in [0.3, 0.4) is 0 Å². The van der Waals surface area contributed by atoms with Gasteiger partial charge in [0.05, 0.1) is 40.0 Å². The molecule has 0 aliphatic rings. The van der Waals surface area contributed by atoms with Gasteiger partial charge >= 0.3 is 0 Å². The summed E-state index contributed by atoms with van der Waals surface area (Å²) >= 11 is 0. The zero-order chi connectivity index (χ0) is 40.6. The maximum atomic E-state index is 14.3. The van der Waals surface area contributed by atoms with Gasteiger partial charge in [0.25, 0.3) is 0 Å². The molecule has 8 aromatic carbocycles. The first kappa shape index (κ1) is 35.9. The number of hydrogen-bond acceptors (Lipinski definition) is 5. The van der Waals surface area contributed by atoms with Gasteiger partial charge in [-0.1, -0.05) is 140 Å². The van der Waals surface area contributed by atoms with Crippen LogP contribution < -0.4 is 0 Å². The molecule has 0 amide bonds. The van der Waals surface area contributed by atoms with Crippen LogP contribution in [0.2, 0.25) is 0 Å². The highest BCUT2D eigenvalue weighted by atomic mass is 19.1. The van der Waals surface area contributed by atoms with Crippen molar-refractivity contribution in [2.45, 2.75) is 0 Å². The molecule has 0 unspecified atom stereocenters. The van der Waals surface area contributed by atoms with E-state index in [1.807, 2.05) is 121 Å². The maximum Gasteiger partial charge on any atom is 0.166 e. The molecule has 0 N–H and O–H groups in total. The Morgan fingerprint density at radius 1 is 0.383 bits per heavy atom. The molecule has 2 heterocycles. The molecule has 10 rings (SSSR count). The average molecular weight is 771 g/mol. The van der Waals surface area contributed by atoms with E-state index in [2.05, 4.69) is 59.2 Å². The maximum absolute atomic E-state index is 14.3. The lowest BCUT2D eigenvalue weighted by molar-refractivity contribution is 0.628. The number of nitriles is 2. The van der Waals surface area contributed by atoms with E-state index >= 15 is 0 Å². The number of rotatable bonds is 7. The van der Waals surface area contributed by atoms with Crippen molar-refractivity contribution < 1.29 is 4.39 Å². The van der Waals surface area contributed by atoms with Crippen molar-refractivity contribution >= 4 is 21.8 Å². The van der Waals surface area contributed by atoms with Crippen molar-refractivity contribution in [2.75, 3.05) is 0 Å². The van der Waals surface area contributed by atoms with Crippen LogP contribution >= 0.6 is 0 Å². The summed E-state index contributed by atoms with van der Waals surface area (Å²) in [6, 6.07) is 64.8. The van der Waals surface area contributed by atoms with Crippen LogP contribution in [0.1, 0.15) is 11.1 Å². The predicted molar refractivity (Wildman–Crippen MR) is 236 cm³/mol. The van der Waals surface area contributed by atoms with Crippen molar-refractivity contribution in [3.05, 3.63) is 205 Å². The second-order valence-electron chi connectivity index (χ2n) is 14.4. The third kappa shape index (κ3) is 6.43. The Labute approximate surface area is 345 Å². The molecule has 60 heavy (non-hydrogen) atoms. The van der Waals surface area contributed by atoms with Crippen molar-refractivity contribution in [2.24, 2.45) is 0 Å². The summed E-state index contributed by atoms with van der Waals surface area (Å²) in [5.41, 5.74) is 11.2. The Morgan fingerprint density at radius 2 is 0.833 bits per heavy atom. The lowest BCUT2D eigenvalue weighted by atomic mass is 9.98. The molecule has 0 bridgehead atoms. The minimum Gasteiger partial charge on any atom is -0.308 e. The van der Waals surface area contributed by atoms with Gasteiger partial charge in [-0.25, -0.2) is 19.3 Å². The Bertz CT molecular complexity index is 3170. The molecular weight excluding hydrogens is 740 g/mol. The quantitative estimate of drug-likeness (QED) is 0.161. The molecular formula is C53H31FN6. The second kappa shape index (κ2) is 15.1. The van der Waals surface area contributed by atoms with Crippen LogP contribution in [-0.4, -0.2) is 19.5 Å². The minimum atomic E-state index is -0.319. The van der Waals surface area contributed by atoms with Gasteiger partial charge < -0.3 is 4.57 Å². The van der Waals surface area contributed by atoms with E-state index in [4.69, 9.17) is 15.0 Å². The predicted octanol–water partition coefficient (Wildman–Crippen LogP) is 12.9. The van der Waals surface area contributed by atoms with E-state index < -0.39 is 0 Å². The van der Waals surface area contributed by atoms with Gasteiger partial charge in [0, 0.05) is 27.5 Å². The zero-order valence-electron chi connectivity index (χ0n) is 32.0. The fourth-order valence-corrected chi connectivity index (χ4v) is 7.93. The Hall–Kier alpha value is -8.52. The van der Waals surface area contributed by atoms with Crippen molar-refractivity contribution in [3.63, 3.8) is 0 Å². The van der Waals surface area contributed by atoms with E-state index in [0.717, 1.165) is 77.6 Å². The molecule has 0 aliphatic carbocycles. The van der Waals surface area contributed by atoms with Crippen LogP contribution in [0.4, 0.5) is 4.39 Å². The highest BCUT2D eigenvalue weighted by Crippen LogP contribution is 2.41. The molecule has 10 aromatic rings. The standard InChI is InChI=1S/C53H31FN6/c54-42-24-19-34(20-25-42)37-21-28-47(53-58-51(35-11-3-1-4-12-35)57-52(59-53)36-13-5-2-6-14-36)50(29-37)60-48-30-38(43-17-9-7-15-40(43)32-55)22-26-45(48)46-27-23-39(31-49(46)60)44-18-10-8-16-41(44)33-56/h1-31H. The SMILES string of the molecule is N#Cc1ccccc1-c1ccc2c3ccc(-c4ccccc4C#N)cc3n(-c3cc(-c4ccc(F)cc4)ccc3-c3nc(-c4ccccc4)nc(-c4ccccc4)n3)c2c1. The molecule has 0 saturated carbocycles. The Balaban J connectivity index is 1.32. The molecule has 0 aliphatic heterocycles. The largest absolute Gasteiger partial charge is 0.308 e. The highest BCUT2D eigenvalue weighted by molar-refractivity contribution is 6.12. The van der Waals surface area contributed by atoms with Crippen molar-refractivity contribution in [1.29, 1.82) is 10.5 Å². The summed E-state index contributed by atoms with van der Waals surface area (Å²) in [7, 11) is 0. The lowest BCUT2D eigenvalue weighted by Gasteiger charge is -2.17. The van der Waals surface area contributed by atoms with Crippen LogP contribution in [0.5, 0.6) is 0 Å². The van der Waals surface area contributed by atoms with Gasteiger partial charge in [0.15, 0.2) is 17.5 Å². The van der Waals surface area contributed by atoms with E-state index in [1.165, 1.54) is 12.1 Å². The first-order chi connectivity index (χ1) is 29.6. The number of aromatic nitrogens is 4. The normalized spacial score (nSPS) is 11.1. The van der Waals surface area contributed by atoms with E-state index in [9.17, 15) is 14.9 Å². The van der Waals surface area contributed by atoms with Crippen LogP contribution in [0.15, 0.2) is 188 Å². The molecule has 0 saturated heterocycles. The van der Waals surface area contributed by atoms with Gasteiger partial charge in [0.2, 0.25) is 0 Å². The fraction of sp³-hybridized carbons (Fsp3) is 0. The molecule has 7 heteroatoms. The topological polar surface area (TPSA) is 91.2 Å². The van der Waals surface area contributed by atoms with Crippen LogP contribution in [-0.2, 0) is 0 Å². The Kier molecular flexibility index (Phi) is 9.02. The van der Waals surface area contributed by atoms with E-state index in [1.54, 1.807) is 12.1 Å². The summed E-state index contributed by atoms with van der Waals surface area (Å²) in [6.07, 6.45) is 0. The third-order valence-electron chi connectivity index (χ3n) is 10.8. The first-order valence-corrected chi connectivity index (χ1v) is 19.4. The number of halogens is 1. The summed E-state index contributed by atoms with van der Waals surface area (Å²) < 4.78 is 16.5. The van der Waals surface area contributed by atoms with Crippen LogP contribution in [0.25, 0.3) is 95.0 Å². The highest BCUT2D eigenvalue weighted by Gasteiger charge is 2.22. The van der Waals surface area contributed by atoms with Crippen LogP contribution in [0, 0.1) is 28.5 Å². The van der Waals surface area contributed by atoms with Gasteiger partial charge in [-0.3, -0.25) is 0 Å². The second-order valence-corrected chi connectivity index (χ2v) is 14.4. The van der Waals surface area contributed by atoms with Crippen molar-refractivity contribution in [1.82, 2.24) is 19.5 Å². The number of fused-ring (bicyclic) bond motifs is 3. The van der Waals surface area contributed by atoms with E-state index in [0.29, 0.717) is 28.6 Å². The summed E-state index contributed by atoms with van der Waals surface area (Å²) in [4.78, 5) is 15.3. The summed E-state index contributed by atoms with van der Waals surface area (Å²) in [5.74, 6) is 1.21. The molecule has 0 spiro atoms. The average Bonchev–Trinajstić information content (AvgIpc) is 3.64. The monoisotopic (exact) mass is 770 g/mol. The zero-order valence-corrected chi connectivity index (χ0v) is 32.0. The summed E-state index contributed by atoms with van der Waals surface area (Å²) in [6.45, 7) is 0. The van der Waals surface area contributed by atoms with Crippen molar-refractivity contribution in [3.8, 4) is 85.4 Å². The van der Waals surface area contributed by atoms with Gasteiger partial charge in [0.1, 0.15) is 5.82 Å². The number of nitrogens with zero attached hydrogens (tertiary/aromatic N) is 6. The molecule has 6 nitrogen and oxygen atoms in total. The molecule has 0 fully saturated rings. The number of benzene rings is 8. The fourth-order valence-electron chi connectivity index (χ4n) is 7.93. The third-order valence-corrected chi connectivity index (χ3v) is 10.8. The minimum absolute atomic E-state index is 0.319. The first-order valence-electron chi connectivity index (χ1n) is 19.4. The molecule has 0 radical (unpaired) electrons. The Morgan fingerprint density at radius 3 is 1.35 bits per heavy atom. The summed E-state index contributed by atoms with van der Waals surface area (Å²) in [5, 5.41) is 22.2. The smallest absolute Gasteiger partial charge is 0.166 e.